The number of hydrogen-bond donors (Lipinski definition) is 2. The monoisotopic (exact) mass is 472 g/mol. The molecule has 3 rings (SSSR count). The molecule has 0 spiro atoms. The highest BCUT2D eigenvalue weighted by molar-refractivity contribution is 9.10. The van der Waals surface area contributed by atoms with Crippen molar-refractivity contribution in [2.24, 2.45) is 5.73 Å². The summed E-state index contributed by atoms with van der Waals surface area (Å²) >= 11 is 9.91. The molecule has 0 heterocycles. The molecule has 0 radical (unpaired) electrons. The van der Waals surface area contributed by atoms with Crippen molar-refractivity contribution in [3.05, 3.63) is 86.3 Å². The Morgan fingerprint density at radius 1 is 1.03 bits per heavy atom. The van der Waals surface area contributed by atoms with Crippen LogP contribution in [0.25, 0.3) is 0 Å². The number of anilines is 2. The van der Waals surface area contributed by atoms with Gasteiger partial charge in [-0.2, -0.15) is 0 Å². The molecule has 29 heavy (non-hydrogen) atoms. The average molecular weight is 474 g/mol. The van der Waals surface area contributed by atoms with Gasteiger partial charge in [0.05, 0.1) is 5.02 Å². The molecule has 0 bridgehead atoms. The van der Waals surface area contributed by atoms with E-state index in [2.05, 4.69) is 21.2 Å². The molecule has 3 aromatic carbocycles. The summed E-state index contributed by atoms with van der Waals surface area (Å²) in [5.41, 5.74) is 10.2. The van der Waals surface area contributed by atoms with Crippen LogP contribution in [0, 0.1) is 13.8 Å². The lowest BCUT2D eigenvalue weighted by Crippen LogP contribution is -2.11. The normalized spacial score (nSPS) is 10.7. The smallest absolute Gasteiger partial charge is 0.194 e. The predicted molar refractivity (Wildman–Crippen MR) is 123 cm³/mol. The van der Waals surface area contributed by atoms with E-state index in [0.717, 1.165) is 27.0 Å². The summed E-state index contributed by atoms with van der Waals surface area (Å²) in [6.07, 6.45) is 0. The molecule has 0 amide bonds. The van der Waals surface area contributed by atoms with Crippen molar-refractivity contribution in [3.63, 3.8) is 0 Å². The maximum atomic E-state index is 13.0. The Morgan fingerprint density at radius 2 is 1.79 bits per heavy atom. The summed E-state index contributed by atoms with van der Waals surface area (Å²) < 4.78 is 6.54. The molecule has 0 aliphatic heterocycles. The number of rotatable bonds is 7. The molecule has 0 aliphatic carbocycles. The number of aryl methyl sites for hydroxylation is 2. The zero-order valence-electron chi connectivity index (χ0n) is 16.3. The van der Waals surface area contributed by atoms with E-state index in [4.69, 9.17) is 22.1 Å². The fourth-order valence-corrected chi connectivity index (χ4v) is 3.74. The Balaban J connectivity index is 1.82. The molecule has 0 saturated heterocycles. The lowest BCUT2D eigenvalue weighted by Gasteiger charge is -2.13. The molecule has 0 fully saturated rings. The summed E-state index contributed by atoms with van der Waals surface area (Å²) in [6, 6.07) is 16.7. The van der Waals surface area contributed by atoms with Gasteiger partial charge in [0.1, 0.15) is 12.4 Å². The first-order valence-electron chi connectivity index (χ1n) is 9.20. The molecular weight excluding hydrogens is 452 g/mol. The van der Waals surface area contributed by atoms with Crippen molar-refractivity contribution in [2.75, 3.05) is 18.5 Å². The van der Waals surface area contributed by atoms with Crippen molar-refractivity contribution >= 4 is 44.7 Å². The number of carbonyl (C=O) groups excluding carboxylic acids is 1. The second kappa shape index (κ2) is 9.44. The van der Waals surface area contributed by atoms with Gasteiger partial charge in [-0.15, -0.1) is 0 Å². The molecule has 0 aliphatic rings. The van der Waals surface area contributed by atoms with E-state index in [1.165, 1.54) is 0 Å². The number of ether oxygens (including phenoxy) is 1. The van der Waals surface area contributed by atoms with Gasteiger partial charge in [-0.1, -0.05) is 27.5 Å². The molecule has 0 atom stereocenters. The standard InChI is InChI=1S/C23H22BrClN2O2/c1-14-12-18(29-10-9-26)5-7-19(14)23(28)20-6-4-17(13-21(20)25)27-22-8-3-16(24)11-15(22)2/h3-8,11-13,27H,9-10,26H2,1-2H3. The van der Waals surface area contributed by atoms with Crippen molar-refractivity contribution in [1.82, 2.24) is 0 Å². The Labute approximate surface area is 184 Å². The molecule has 3 aromatic rings. The Morgan fingerprint density at radius 3 is 2.45 bits per heavy atom. The van der Waals surface area contributed by atoms with E-state index in [0.29, 0.717) is 35.1 Å². The van der Waals surface area contributed by atoms with Crippen molar-refractivity contribution in [1.29, 1.82) is 0 Å². The van der Waals surface area contributed by atoms with Gasteiger partial charge in [0, 0.05) is 33.5 Å². The van der Waals surface area contributed by atoms with Gasteiger partial charge < -0.3 is 15.8 Å². The largest absolute Gasteiger partial charge is 0.492 e. The van der Waals surface area contributed by atoms with Gasteiger partial charge in [-0.3, -0.25) is 4.79 Å². The van der Waals surface area contributed by atoms with Gasteiger partial charge in [0.15, 0.2) is 5.78 Å². The van der Waals surface area contributed by atoms with Gasteiger partial charge in [0.25, 0.3) is 0 Å². The minimum atomic E-state index is -0.121. The third-order valence-electron chi connectivity index (χ3n) is 4.51. The highest BCUT2D eigenvalue weighted by Gasteiger charge is 2.16. The summed E-state index contributed by atoms with van der Waals surface area (Å²) in [7, 11) is 0. The van der Waals surface area contributed by atoms with E-state index in [1.807, 2.05) is 44.2 Å². The highest BCUT2D eigenvalue weighted by Crippen LogP contribution is 2.29. The van der Waals surface area contributed by atoms with Gasteiger partial charge >= 0.3 is 0 Å². The van der Waals surface area contributed by atoms with Crippen LogP contribution in [0.3, 0.4) is 0 Å². The van der Waals surface area contributed by atoms with Crippen LogP contribution in [0.15, 0.2) is 59.1 Å². The molecule has 0 unspecified atom stereocenters. The van der Waals surface area contributed by atoms with Gasteiger partial charge in [0.2, 0.25) is 0 Å². The molecule has 150 valence electrons. The minimum absolute atomic E-state index is 0.121. The molecule has 6 heteroatoms. The van der Waals surface area contributed by atoms with Gasteiger partial charge in [-0.25, -0.2) is 0 Å². The quantitative estimate of drug-likeness (QED) is 0.411. The van der Waals surface area contributed by atoms with Crippen LogP contribution in [0.1, 0.15) is 27.0 Å². The second-order valence-corrected chi connectivity index (χ2v) is 8.04. The number of halogens is 2. The Kier molecular flexibility index (Phi) is 6.96. The van der Waals surface area contributed by atoms with Crippen LogP contribution in [0.4, 0.5) is 11.4 Å². The first-order valence-corrected chi connectivity index (χ1v) is 10.4. The lowest BCUT2D eigenvalue weighted by atomic mass is 9.98. The van der Waals surface area contributed by atoms with Crippen molar-refractivity contribution in [2.45, 2.75) is 13.8 Å². The SMILES string of the molecule is Cc1cc(Br)ccc1Nc1ccc(C(=O)c2ccc(OCCN)cc2C)c(Cl)c1. The van der Waals surface area contributed by atoms with E-state index < -0.39 is 0 Å². The van der Waals surface area contributed by atoms with Gasteiger partial charge in [-0.05, 0) is 79.6 Å². The molecule has 0 saturated carbocycles. The first-order chi connectivity index (χ1) is 13.9. The van der Waals surface area contributed by atoms with E-state index in [1.54, 1.807) is 24.3 Å². The molecule has 3 N–H and O–H groups in total. The highest BCUT2D eigenvalue weighted by atomic mass is 79.9. The number of ketones is 1. The van der Waals surface area contributed by atoms with Crippen LogP contribution >= 0.6 is 27.5 Å². The van der Waals surface area contributed by atoms with Crippen molar-refractivity contribution in [3.8, 4) is 5.75 Å². The Bertz CT molecular complexity index is 1050. The Hall–Kier alpha value is -2.34. The van der Waals surface area contributed by atoms with Crippen LogP contribution < -0.4 is 15.8 Å². The summed E-state index contributed by atoms with van der Waals surface area (Å²) in [5.74, 6) is 0.573. The van der Waals surface area contributed by atoms with Crippen LogP contribution in [-0.2, 0) is 0 Å². The number of carbonyl (C=O) groups is 1. The third kappa shape index (κ3) is 5.18. The molecular formula is C23H22BrClN2O2. The van der Waals surface area contributed by atoms with Crippen molar-refractivity contribution < 1.29 is 9.53 Å². The average Bonchev–Trinajstić information content (AvgIpc) is 2.68. The van der Waals surface area contributed by atoms with Crippen LogP contribution in [-0.4, -0.2) is 18.9 Å². The number of benzene rings is 3. The minimum Gasteiger partial charge on any atom is -0.492 e. The predicted octanol–water partition coefficient (Wildman–Crippen LogP) is 6.03. The topological polar surface area (TPSA) is 64.3 Å². The molecule has 4 nitrogen and oxygen atoms in total. The summed E-state index contributed by atoms with van der Waals surface area (Å²) in [5, 5.41) is 3.74. The fraction of sp³-hybridized carbons (Fsp3) is 0.174. The van der Waals surface area contributed by atoms with E-state index in [9.17, 15) is 4.79 Å². The maximum Gasteiger partial charge on any atom is 0.194 e. The first kappa shape index (κ1) is 21.4. The van der Waals surface area contributed by atoms with Crippen LogP contribution in [0.2, 0.25) is 5.02 Å². The molecule has 0 aromatic heterocycles. The lowest BCUT2D eigenvalue weighted by molar-refractivity contribution is 0.103. The van der Waals surface area contributed by atoms with E-state index in [-0.39, 0.29) is 5.78 Å². The summed E-state index contributed by atoms with van der Waals surface area (Å²) in [4.78, 5) is 13.0. The van der Waals surface area contributed by atoms with E-state index >= 15 is 0 Å². The third-order valence-corrected chi connectivity index (χ3v) is 5.32. The maximum absolute atomic E-state index is 13.0. The van der Waals surface area contributed by atoms with Crippen LogP contribution in [0.5, 0.6) is 5.75 Å². The zero-order valence-corrected chi connectivity index (χ0v) is 18.6. The number of hydrogen-bond acceptors (Lipinski definition) is 4. The zero-order chi connectivity index (χ0) is 21.0. The number of nitrogens with one attached hydrogen (secondary N) is 1. The fourth-order valence-electron chi connectivity index (χ4n) is 3.00. The summed E-state index contributed by atoms with van der Waals surface area (Å²) in [6.45, 7) is 4.78. The second-order valence-electron chi connectivity index (χ2n) is 6.72. The number of nitrogens with two attached hydrogens (primary N) is 1.